The number of hydrogen-bond donors (Lipinski definition) is 0. The van der Waals surface area contributed by atoms with Gasteiger partial charge in [-0.2, -0.15) is 0 Å². The van der Waals surface area contributed by atoms with Crippen LogP contribution in [0.1, 0.15) is 0 Å². The number of benzene rings is 8. The Morgan fingerprint density at radius 3 is 1.29 bits per heavy atom. The Kier molecular flexibility index (Phi) is 8.51. The second-order valence-corrected chi connectivity index (χ2v) is 13.9. The topological polar surface area (TPSA) is 38.7 Å². The molecular formula is C53H35N3. The molecule has 3 nitrogen and oxygen atoms in total. The van der Waals surface area contributed by atoms with Gasteiger partial charge >= 0.3 is 0 Å². The maximum Gasteiger partial charge on any atom is 0.160 e. The average Bonchev–Trinajstić information content (AvgIpc) is 3.29. The van der Waals surface area contributed by atoms with Crippen molar-refractivity contribution in [1.29, 1.82) is 0 Å². The standard InChI is InChI=1S/C53H35N3/c1-5-16-36(17-6-1)37-28-34-43(35-29-37)53-55-51(40-20-9-3-10-21-40)48(52(56-53)41-22-11-4-12-23-41)39-30-32-42(33-31-39)50-46-26-15-25-44(38-18-7-2-8-19-38)49(46)45-24-13-14-27-47(45)54-50/h1-35H. The normalized spacial score (nSPS) is 11.2. The van der Waals surface area contributed by atoms with E-state index in [-0.39, 0.29) is 0 Å². The highest BCUT2D eigenvalue weighted by Gasteiger charge is 2.21. The fraction of sp³-hybridized carbons (Fsp3) is 0. The molecule has 56 heavy (non-hydrogen) atoms. The molecule has 0 saturated carbocycles. The summed E-state index contributed by atoms with van der Waals surface area (Å²) in [7, 11) is 0. The van der Waals surface area contributed by atoms with Crippen molar-refractivity contribution in [3.63, 3.8) is 0 Å². The van der Waals surface area contributed by atoms with Crippen LogP contribution in [0.15, 0.2) is 212 Å². The van der Waals surface area contributed by atoms with E-state index < -0.39 is 0 Å². The van der Waals surface area contributed by atoms with Crippen LogP contribution in [0.3, 0.4) is 0 Å². The van der Waals surface area contributed by atoms with Crippen LogP contribution in [0.2, 0.25) is 0 Å². The summed E-state index contributed by atoms with van der Waals surface area (Å²) in [5, 5.41) is 3.48. The lowest BCUT2D eigenvalue weighted by Crippen LogP contribution is -2.01. The second-order valence-electron chi connectivity index (χ2n) is 13.9. The Morgan fingerprint density at radius 2 is 0.679 bits per heavy atom. The van der Waals surface area contributed by atoms with Crippen molar-refractivity contribution in [2.24, 2.45) is 0 Å². The molecule has 0 aliphatic heterocycles. The fourth-order valence-corrected chi connectivity index (χ4v) is 7.79. The van der Waals surface area contributed by atoms with Crippen molar-refractivity contribution >= 4 is 21.7 Å². The molecule has 10 aromatic rings. The molecule has 0 aliphatic carbocycles. The maximum absolute atomic E-state index is 5.35. The molecule has 0 fully saturated rings. The van der Waals surface area contributed by atoms with Gasteiger partial charge in [-0.25, -0.2) is 15.0 Å². The quantitative estimate of drug-likeness (QED) is 0.154. The molecule has 2 aromatic heterocycles. The summed E-state index contributed by atoms with van der Waals surface area (Å²) in [5.74, 6) is 0.684. The highest BCUT2D eigenvalue weighted by Crippen LogP contribution is 2.42. The molecule has 262 valence electrons. The summed E-state index contributed by atoms with van der Waals surface area (Å²) >= 11 is 0. The Bertz CT molecular complexity index is 2900. The minimum absolute atomic E-state index is 0.684. The van der Waals surface area contributed by atoms with Crippen molar-refractivity contribution in [2.75, 3.05) is 0 Å². The number of hydrogen-bond acceptors (Lipinski definition) is 3. The third-order valence-electron chi connectivity index (χ3n) is 10.5. The van der Waals surface area contributed by atoms with Crippen molar-refractivity contribution in [2.45, 2.75) is 0 Å². The van der Waals surface area contributed by atoms with Gasteiger partial charge in [0.15, 0.2) is 5.82 Å². The zero-order valence-electron chi connectivity index (χ0n) is 30.5. The van der Waals surface area contributed by atoms with E-state index in [1.54, 1.807) is 0 Å². The van der Waals surface area contributed by atoms with Gasteiger partial charge in [-0.05, 0) is 33.9 Å². The van der Waals surface area contributed by atoms with E-state index in [0.29, 0.717) is 5.82 Å². The zero-order chi connectivity index (χ0) is 37.3. The van der Waals surface area contributed by atoms with Crippen molar-refractivity contribution in [3.8, 4) is 78.5 Å². The Hall–Kier alpha value is -7.49. The minimum atomic E-state index is 0.684. The molecule has 0 bridgehead atoms. The number of rotatable bonds is 7. The van der Waals surface area contributed by atoms with Gasteiger partial charge < -0.3 is 0 Å². The van der Waals surface area contributed by atoms with E-state index in [9.17, 15) is 0 Å². The van der Waals surface area contributed by atoms with Crippen LogP contribution in [-0.2, 0) is 0 Å². The minimum Gasteiger partial charge on any atom is -0.247 e. The molecule has 8 aromatic carbocycles. The predicted octanol–water partition coefficient (Wildman–Crippen LogP) is 13.8. The van der Waals surface area contributed by atoms with Crippen molar-refractivity contribution in [1.82, 2.24) is 15.0 Å². The van der Waals surface area contributed by atoms with Gasteiger partial charge in [0, 0.05) is 44.0 Å². The average molecular weight is 714 g/mol. The van der Waals surface area contributed by atoms with E-state index >= 15 is 0 Å². The largest absolute Gasteiger partial charge is 0.247 e. The molecule has 10 rings (SSSR count). The van der Waals surface area contributed by atoms with E-state index in [2.05, 4.69) is 194 Å². The summed E-state index contributed by atoms with van der Waals surface area (Å²) in [6, 6.07) is 74.3. The van der Waals surface area contributed by atoms with Crippen LogP contribution in [0, 0.1) is 0 Å². The predicted molar refractivity (Wildman–Crippen MR) is 233 cm³/mol. The van der Waals surface area contributed by atoms with Gasteiger partial charge in [0.2, 0.25) is 0 Å². The lowest BCUT2D eigenvalue weighted by Gasteiger charge is -2.18. The van der Waals surface area contributed by atoms with Crippen LogP contribution < -0.4 is 0 Å². The molecule has 0 atom stereocenters. The third-order valence-corrected chi connectivity index (χ3v) is 10.5. The highest BCUT2D eigenvalue weighted by atomic mass is 14.9. The van der Waals surface area contributed by atoms with Gasteiger partial charge in [0.05, 0.1) is 22.6 Å². The Balaban J connectivity index is 1.15. The van der Waals surface area contributed by atoms with Crippen LogP contribution in [0.25, 0.3) is 100 Å². The monoisotopic (exact) mass is 713 g/mol. The number of fused-ring (bicyclic) bond motifs is 3. The van der Waals surface area contributed by atoms with E-state index in [1.165, 1.54) is 22.1 Å². The Labute approximate surface area is 326 Å². The summed E-state index contributed by atoms with van der Waals surface area (Å²) in [6.45, 7) is 0. The lowest BCUT2D eigenvalue weighted by molar-refractivity contribution is 1.18. The SMILES string of the molecule is c1ccc(-c2ccc(-c3nc(-c4ccccc4)c(-c4ccc(-c5nc6ccccc6c6c(-c7ccccc7)cccc56)cc4)c(-c4ccccc4)n3)cc2)cc1. The van der Waals surface area contributed by atoms with Crippen molar-refractivity contribution < 1.29 is 0 Å². The molecule has 0 aliphatic rings. The Morgan fingerprint density at radius 1 is 0.250 bits per heavy atom. The number of nitrogens with zero attached hydrogens (tertiary/aromatic N) is 3. The van der Waals surface area contributed by atoms with E-state index in [0.717, 1.165) is 72.3 Å². The number of aromatic nitrogens is 3. The fourth-order valence-electron chi connectivity index (χ4n) is 7.79. The highest BCUT2D eigenvalue weighted by molar-refractivity contribution is 6.17. The molecule has 2 heterocycles. The van der Waals surface area contributed by atoms with E-state index in [1.807, 2.05) is 18.2 Å². The molecule has 0 radical (unpaired) electrons. The number of pyridine rings is 1. The molecule has 0 unspecified atom stereocenters. The molecular weight excluding hydrogens is 679 g/mol. The first kappa shape index (κ1) is 33.1. The molecule has 0 N–H and O–H groups in total. The summed E-state index contributed by atoms with van der Waals surface area (Å²) in [4.78, 5) is 16.0. The van der Waals surface area contributed by atoms with Gasteiger partial charge in [-0.1, -0.05) is 206 Å². The first-order valence-corrected chi connectivity index (χ1v) is 18.9. The summed E-state index contributed by atoms with van der Waals surface area (Å²) in [5.41, 5.74) is 14.5. The van der Waals surface area contributed by atoms with Crippen LogP contribution in [0.5, 0.6) is 0 Å². The third kappa shape index (κ3) is 6.12. The van der Waals surface area contributed by atoms with Gasteiger partial charge in [-0.15, -0.1) is 0 Å². The first-order chi connectivity index (χ1) is 27.8. The molecule has 0 amide bonds. The maximum atomic E-state index is 5.35. The zero-order valence-corrected chi connectivity index (χ0v) is 30.5. The number of para-hydroxylation sites is 1. The second kappa shape index (κ2) is 14.4. The summed E-state index contributed by atoms with van der Waals surface area (Å²) < 4.78 is 0. The van der Waals surface area contributed by atoms with Gasteiger partial charge in [0.25, 0.3) is 0 Å². The molecule has 3 heteroatoms. The van der Waals surface area contributed by atoms with Crippen LogP contribution in [0.4, 0.5) is 0 Å². The van der Waals surface area contributed by atoms with Crippen LogP contribution >= 0.6 is 0 Å². The van der Waals surface area contributed by atoms with Gasteiger partial charge in [-0.3, -0.25) is 0 Å². The first-order valence-electron chi connectivity index (χ1n) is 18.9. The molecule has 0 saturated heterocycles. The van der Waals surface area contributed by atoms with Gasteiger partial charge in [0.1, 0.15) is 0 Å². The van der Waals surface area contributed by atoms with Crippen molar-refractivity contribution in [3.05, 3.63) is 212 Å². The smallest absolute Gasteiger partial charge is 0.160 e. The van der Waals surface area contributed by atoms with E-state index in [4.69, 9.17) is 15.0 Å². The van der Waals surface area contributed by atoms with Crippen LogP contribution in [-0.4, -0.2) is 15.0 Å². The lowest BCUT2D eigenvalue weighted by atomic mass is 9.91. The molecule has 0 spiro atoms. The summed E-state index contributed by atoms with van der Waals surface area (Å²) in [6.07, 6.45) is 0.